The van der Waals surface area contributed by atoms with Crippen LogP contribution in [0.5, 0.6) is 0 Å². The van der Waals surface area contributed by atoms with Gasteiger partial charge in [-0.1, -0.05) is 57.9 Å². The van der Waals surface area contributed by atoms with Crippen LogP contribution in [-0.2, 0) is 11.2 Å². The molecule has 1 rings (SSSR count). The highest BCUT2D eigenvalue weighted by molar-refractivity contribution is 6.07. The average Bonchev–Trinajstić information content (AvgIpc) is 2.39. The predicted molar refractivity (Wildman–Crippen MR) is 83.1 cm³/mol. The van der Waals surface area contributed by atoms with Gasteiger partial charge in [0.05, 0.1) is 6.42 Å². The first kappa shape index (κ1) is 16.6. The van der Waals surface area contributed by atoms with E-state index in [1.807, 2.05) is 24.3 Å². The Morgan fingerprint density at radius 1 is 1.05 bits per heavy atom. The van der Waals surface area contributed by atoms with Crippen LogP contribution >= 0.6 is 0 Å². The lowest BCUT2D eigenvalue weighted by Gasteiger charge is -2.06. The topological polar surface area (TPSA) is 34.1 Å². The van der Waals surface area contributed by atoms with Crippen LogP contribution in [0.15, 0.2) is 24.3 Å². The largest absolute Gasteiger partial charge is 0.299 e. The van der Waals surface area contributed by atoms with Crippen LogP contribution in [-0.4, -0.2) is 11.6 Å². The molecule has 1 aromatic rings. The SMILES string of the molecule is CCCCCC(=O)CC(=O)c1ccc(CC(C)C)cc1. The number of benzene rings is 1. The van der Waals surface area contributed by atoms with Gasteiger partial charge in [-0.2, -0.15) is 0 Å². The first-order valence-corrected chi connectivity index (χ1v) is 7.66. The molecule has 0 spiro atoms. The molecule has 0 aromatic heterocycles. The fourth-order valence-corrected chi connectivity index (χ4v) is 2.24. The van der Waals surface area contributed by atoms with Crippen molar-refractivity contribution >= 4 is 11.6 Å². The zero-order valence-electron chi connectivity index (χ0n) is 12.9. The van der Waals surface area contributed by atoms with Crippen LogP contribution in [0.4, 0.5) is 0 Å². The third kappa shape index (κ3) is 6.14. The minimum absolute atomic E-state index is 0.0489. The van der Waals surface area contributed by atoms with Crippen molar-refractivity contribution in [3.63, 3.8) is 0 Å². The van der Waals surface area contributed by atoms with E-state index in [0.717, 1.165) is 25.7 Å². The average molecular weight is 274 g/mol. The Bertz CT molecular complexity index is 429. The van der Waals surface area contributed by atoms with Gasteiger partial charge in [0.15, 0.2) is 5.78 Å². The molecule has 1 aromatic carbocycles. The van der Waals surface area contributed by atoms with Gasteiger partial charge in [0.25, 0.3) is 0 Å². The number of rotatable bonds is 9. The molecule has 110 valence electrons. The van der Waals surface area contributed by atoms with Crippen molar-refractivity contribution in [3.8, 4) is 0 Å². The van der Waals surface area contributed by atoms with E-state index >= 15 is 0 Å². The van der Waals surface area contributed by atoms with Crippen molar-refractivity contribution in [2.75, 3.05) is 0 Å². The third-order valence-corrected chi connectivity index (χ3v) is 3.34. The van der Waals surface area contributed by atoms with E-state index < -0.39 is 0 Å². The molecule has 0 aliphatic heterocycles. The number of hydrogen-bond acceptors (Lipinski definition) is 2. The summed E-state index contributed by atoms with van der Waals surface area (Å²) in [7, 11) is 0. The fraction of sp³-hybridized carbons (Fsp3) is 0.556. The van der Waals surface area contributed by atoms with Crippen LogP contribution in [0, 0.1) is 5.92 Å². The Morgan fingerprint density at radius 2 is 1.70 bits per heavy atom. The van der Waals surface area contributed by atoms with Gasteiger partial charge in [0.2, 0.25) is 0 Å². The van der Waals surface area contributed by atoms with E-state index in [1.54, 1.807) is 0 Å². The second-order valence-electron chi connectivity index (χ2n) is 5.89. The lowest BCUT2D eigenvalue weighted by molar-refractivity contribution is -0.118. The summed E-state index contributed by atoms with van der Waals surface area (Å²) in [6, 6.07) is 7.68. The van der Waals surface area contributed by atoms with E-state index in [2.05, 4.69) is 20.8 Å². The molecule has 2 heteroatoms. The summed E-state index contributed by atoms with van der Waals surface area (Å²) >= 11 is 0. The molecular weight excluding hydrogens is 248 g/mol. The number of Topliss-reactive ketones (excluding diaryl/α,β-unsaturated/α-hetero) is 2. The number of carbonyl (C=O) groups is 2. The van der Waals surface area contributed by atoms with Gasteiger partial charge in [-0.3, -0.25) is 9.59 Å². The quantitative estimate of drug-likeness (QED) is 0.374. The van der Waals surface area contributed by atoms with Crippen LogP contribution in [0.2, 0.25) is 0 Å². The molecule has 0 fully saturated rings. The molecule has 0 radical (unpaired) electrons. The number of carbonyl (C=O) groups excluding carboxylic acids is 2. The standard InChI is InChI=1S/C18H26O2/c1-4-5-6-7-17(19)13-18(20)16-10-8-15(9-11-16)12-14(2)3/h8-11,14H,4-7,12-13H2,1-3H3. The normalized spacial score (nSPS) is 10.8. The zero-order chi connectivity index (χ0) is 15.0. The number of hydrogen-bond donors (Lipinski definition) is 0. The van der Waals surface area contributed by atoms with Crippen LogP contribution in [0.25, 0.3) is 0 Å². The molecule has 0 bridgehead atoms. The van der Waals surface area contributed by atoms with Crippen molar-refractivity contribution in [1.82, 2.24) is 0 Å². The minimum Gasteiger partial charge on any atom is -0.299 e. The summed E-state index contributed by atoms with van der Waals surface area (Å²) in [5.74, 6) is 0.619. The van der Waals surface area contributed by atoms with Crippen molar-refractivity contribution in [1.29, 1.82) is 0 Å². The first-order chi connectivity index (χ1) is 9.52. The second kappa shape index (κ2) is 8.68. The first-order valence-electron chi connectivity index (χ1n) is 7.66. The molecule has 0 amide bonds. The molecule has 0 unspecified atom stereocenters. The molecule has 20 heavy (non-hydrogen) atoms. The summed E-state index contributed by atoms with van der Waals surface area (Å²) in [6.45, 7) is 6.45. The molecule has 0 aliphatic carbocycles. The van der Waals surface area contributed by atoms with Crippen molar-refractivity contribution in [3.05, 3.63) is 35.4 Å². The van der Waals surface area contributed by atoms with E-state index in [-0.39, 0.29) is 18.0 Å². The predicted octanol–water partition coefficient (Wildman–Crippen LogP) is 4.61. The second-order valence-corrected chi connectivity index (χ2v) is 5.89. The molecule has 0 saturated heterocycles. The Kier molecular flexibility index (Phi) is 7.21. The van der Waals surface area contributed by atoms with E-state index in [4.69, 9.17) is 0 Å². The molecular formula is C18H26O2. The highest BCUT2D eigenvalue weighted by Gasteiger charge is 2.11. The van der Waals surface area contributed by atoms with Gasteiger partial charge in [-0.15, -0.1) is 0 Å². The minimum atomic E-state index is -0.0532. The van der Waals surface area contributed by atoms with E-state index in [0.29, 0.717) is 17.9 Å². The fourth-order valence-electron chi connectivity index (χ4n) is 2.24. The van der Waals surface area contributed by atoms with Gasteiger partial charge in [-0.05, 0) is 24.3 Å². The molecule has 0 aliphatic rings. The summed E-state index contributed by atoms with van der Waals surface area (Å²) in [5, 5.41) is 0. The maximum atomic E-state index is 12.0. The van der Waals surface area contributed by atoms with Crippen molar-refractivity contribution in [2.24, 2.45) is 5.92 Å². The summed E-state index contributed by atoms with van der Waals surface area (Å²) < 4.78 is 0. The highest BCUT2D eigenvalue weighted by Crippen LogP contribution is 2.12. The summed E-state index contributed by atoms with van der Waals surface area (Å²) in [6.07, 6.45) is 4.65. The maximum Gasteiger partial charge on any atom is 0.170 e. The number of unbranched alkanes of at least 4 members (excludes halogenated alkanes) is 2. The van der Waals surface area contributed by atoms with Crippen molar-refractivity contribution < 1.29 is 9.59 Å². The third-order valence-electron chi connectivity index (χ3n) is 3.34. The molecule has 2 nitrogen and oxygen atoms in total. The van der Waals surface area contributed by atoms with Gasteiger partial charge in [0.1, 0.15) is 5.78 Å². The summed E-state index contributed by atoms with van der Waals surface area (Å²) in [5.41, 5.74) is 1.90. The maximum absolute atomic E-state index is 12.0. The van der Waals surface area contributed by atoms with Crippen LogP contribution in [0.3, 0.4) is 0 Å². The van der Waals surface area contributed by atoms with Gasteiger partial charge in [-0.25, -0.2) is 0 Å². The Hall–Kier alpha value is -1.44. The van der Waals surface area contributed by atoms with Crippen LogP contribution < -0.4 is 0 Å². The summed E-state index contributed by atoms with van der Waals surface area (Å²) in [4.78, 5) is 23.7. The number of ketones is 2. The van der Waals surface area contributed by atoms with E-state index in [9.17, 15) is 9.59 Å². The van der Waals surface area contributed by atoms with Gasteiger partial charge < -0.3 is 0 Å². The smallest absolute Gasteiger partial charge is 0.170 e. The van der Waals surface area contributed by atoms with Crippen molar-refractivity contribution in [2.45, 2.75) is 59.3 Å². The lowest BCUT2D eigenvalue weighted by Crippen LogP contribution is -2.08. The van der Waals surface area contributed by atoms with E-state index in [1.165, 1.54) is 5.56 Å². The molecule has 0 atom stereocenters. The zero-order valence-corrected chi connectivity index (χ0v) is 12.9. The Morgan fingerprint density at radius 3 is 2.25 bits per heavy atom. The van der Waals surface area contributed by atoms with Gasteiger partial charge >= 0.3 is 0 Å². The molecule has 0 saturated carbocycles. The van der Waals surface area contributed by atoms with Gasteiger partial charge in [0, 0.05) is 12.0 Å². The Balaban J connectivity index is 2.49. The van der Waals surface area contributed by atoms with Crippen LogP contribution in [0.1, 0.15) is 68.8 Å². The monoisotopic (exact) mass is 274 g/mol. The Labute approximate surface area is 122 Å². The molecule has 0 N–H and O–H groups in total. The highest BCUT2D eigenvalue weighted by atomic mass is 16.1. The molecule has 0 heterocycles. The lowest BCUT2D eigenvalue weighted by atomic mass is 9.98.